The molecule has 0 atom stereocenters. The zero-order chi connectivity index (χ0) is 10.6. The van der Waals surface area contributed by atoms with Crippen molar-refractivity contribution < 1.29 is 18.0 Å². The number of rotatable bonds is 4. The van der Waals surface area contributed by atoms with Crippen LogP contribution in [0.1, 0.15) is 0 Å². The van der Waals surface area contributed by atoms with Crippen LogP contribution >= 0.6 is 0 Å². The van der Waals surface area contributed by atoms with Gasteiger partial charge in [-0.2, -0.15) is 0 Å². The Hall–Kier alpha value is -1.49. The minimum atomic E-state index is -3.84. The van der Waals surface area contributed by atoms with Crippen molar-refractivity contribution in [1.82, 2.24) is 0 Å². The summed E-state index contributed by atoms with van der Waals surface area (Å²) in [5.74, 6) is 0. The van der Waals surface area contributed by atoms with Crippen LogP contribution in [-0.4, -0.2) is 26.2 Å². The van der Waals surface area contributed by atoms with Crippen LogP contribution in [0.2, 0.25) is 0 Å². The summed E-state index contributed by atoms with van der Waals surface area (Å²) in [7, 11) is -3.84. The third-order valence-corrected chi connectivity index (χ3v) is 3.57. The Morgan fingerprint density at radius 2 is 1.50 bits per heavy atom. The molecule has 0 unspecified atom stereocenters. The van der Waals surface area contributed by atoms with Gasteiger partial charge in [0.15, 0.2) is 15.1 Å². The molecule has 0 spiro atoms. The van der Waals surface area contributed by atoms with Crippen molar-refractivity contribution in [3.63, 3.8) is 0 Å². The van der Waals surface area contributed by atoms with Crippen molar-refractivity contribution in [1.29, 1.82) is 0 Å². The summed E-state index contributed by atoms with van der Waals surface area (Å²) in [6.07, 6.45) is 0.241. The number of benzene rings is 1. The molecule has 0 aromatic heterocycles. The van der Waals surface area contributed by atoms with Gasteiger partial charge < -0.3 is 9.59 Å². The fourth-order valence-corrected chi connectivity index (χ4v) is 2.09. The van der Waals surface area contributed by atoms with Crippen LogP contribution in [0.25, 0.3) is 0 Å². The SMILES string of the molecule is O=CC(C=O)S(=O)(=O)c1ccccc1. The number of hydrogen-bond acceptors (Lipinski definition) is 4. The van der Waals surface area contributed by atoms with Gasteiger partial charge in [-0.3, -0.25) is 0 Å². The highest BCUT2D eigenvalue weighted by atomic mass is 32.2. The number of carbonyl (C=O) groups excluding carboxylic acids is 2. The first-order valence-corrected chi connectivity index (χ1v) is 5.37. The molecule has 4 nitrogen and oxygen atoms in total. The minimum Gasteiger partial charge on any atom is -0.301 e. The molecule has 0 bridgehead atoms. The van der Waals surface area contributed by atoms with Gasteiger partial charge in [-0.1, -0.05) is 18.2 Å². The Morgan fingerprint density at radius 3 is 1.93 bits per heavy atom. The van der Waals surface area contributed by atoms with E-state index in [1.54, 1.807) is 6.07 Å². The van der Waals surface area contributed by atoms with E-state index < -0.39 is 15.1 Å². The Bertz CT molecular complexity index is 413. The molecule has 0 aliphatic heterocycles. The van der Waals surface area contributed by atoms with Crippen molar-refractivity contribution in [3.05, 3.63) is 30.3 Å². The molecule has 1 aromatic rings. The Morgan fingerprint density at radius 1 is 1.00 bits per heavy atom. The predicted octanol–water partition coefficient (Wildman–Crippen LogP) is 0.227. The molecule has 1 rings (SSSR count). The van der Waals surface area contributed by atoms with E-state index in [0.29, 0.717) is 0 Å². The van der Waals surface area contributed by atoms with Gasteiger partial charge >= 0.3 is 0 Å². The van der Waals surface area contributed by atoms with E-state index in [1.807, 2.05) is 0 Å². The van der Waals surface area contributed by atoms with Crippen LogP contribution in [-0.2, 0) is 19.4 Å². The van der Waals surface area contributed by atoms with E-state index in [2.05, 4.69) is 0 Å². The first-order valence-electron chi connectivity index (χ1n) is 3.82. The molecule has 0 aliphatic rings. The van der Waals surface area contributed by atoms with Crippen LogP contribution in [0.4, 0.5) is 0 Å². The lowest BCUT2D eigenvalue weighted by molar-refractivity contribution is -0.113. The highest BCUT2D eigenvalue weighted by Gasteiger charge is 2.25. The lowest BCUT2D eigenvalue weighted by Gasteiger charge is -2.04. The maximum absolute atomic E-state index is 11.5. The maximum atomic E-state index is 11.5. The summed E-state index contributed by atoms with van der Waals surface area (Å²) < 4.78 is 23.1. The van der Waals surface area contributed by atoms with E-state index in [1.165, 1.54) is 24.3 Å². The average molecular weight is 212 g/mol. The van der Waals surface area contributed by atoms with Crippen molar-refractivity contribution in [2.45, 2.75) is 10.1 Å². The molecule has 0 heterocycles. The van der Waals surface area contributed by atoms with Crippen molar-refractivity contribution in [2.75, 3.05) is 0 Å². The summed E-state index contributed by atoms with van der Waals surface area (Å²) in [5, 5.41) is -1.61. The molecular formula is C9H8O4S. The van der Waals surface area contributed by atoms with Crippen molar-refractivity contribution in [2.24, 2.45) is 0 Å². The number of carbonyl (C=O) groups is 2. The largest absolute Gasteiger partial charge is 0.301 e. The first kappa shape index (κ1) is 10.6. The number of sulfone groups is 1. The van der Waals surface area contributed by atoms with Crippen LogP contribution in [0.3, 0.4) is 0 Å². The van der Waals surface area contributed by atoms with E-state index in [0.717, 1.165) is 0 Å². The van der Waals surface area contributed by atoms with Crippen molar-refractivity contribution >= 4 is 22.4 Å². The van der Waals surface area contributed by atoms with Gasteiger partial charge in [-0.25, -0.2) is 8.42 Å². The molecule has 74 valence electrons. The lowest BCUT2D eigenvalue weighted by atomic mass is 10.4. The quantitative estimate of drug-likeness (QED) is 0.529. The van der Waals surface area contributed by atoms with Crippen molar-refractivity contribution in [3.8, 4) is 0 Å². The zero-order valence-electron chi connectivity index (χ0n) is 7.16. The predicted molar refractivity (Wildman–Crippen MR) is 49.5 cm³/mol. The van der Waals surface area contributed by atoms with Crippen LogP contribution in [0.15, 0.2) is 35.2 Å². The van der Waals surface area contributed by atoms with Gasteiger partial charge in [0.1, 0.15) is 12.6 Å². The van der Waals surface area contributed by atoms with Crippen LogP contribution in [0.5, 0.6) is 0 Å². The summed E-state index contributed by atoms with van der Waals surface area (Å²) >= 11 is 0. The number of hydrogen-bond donors (Lipinski definition) is 0. The monoisotopic (exact) mass is 212 g/mol. The Labute approximate surface area is 81.5 Å². The normalized spacial score (nSPS) is 11.2. The molecule has 14 heavy (non-hydrogen) atoms. The second kappa shape index (κ2) is 4.15. The highest BCUT2D eigenvalue weighted by molar-refractivity contribution is 7.93. The van der Waals surface area contributed by atoms with Gasteiger partial charge in [0.05, 0.1) is 4.90 Å². The molecule has 5 heteroatoms. The smallest absolute Gasteiger partial charge is 0.194 e. The van der Waals surface area contributed by atoms with E-state index in [-0.39, 0.29) is 17.5 Å². The highest BCUT2D eigenvalue weighted by Crippen LogP contribution is 2.12. The molecule has 0 aliphatic carbocycles. The maximum Gasteiger partial charge on any atom is 0.194 e. The Balaban J connectivity index is 3.21. The third kappa shape index (κ3) is 1.88. The molecular weight excluding hydrogens is 204 g/mol. The van der Waals surface area contributed by atoms with Gasteiger partial charge in [0.25, 0.3) is 0 Å². The summed E-state index contributed by atoms with van der Waals surface area (Å²) in [4.78, 5) is 20.7. The number of aldehydes is 2. The molecule has 0 saturated heterocycles. The fourth-order valence-electron chi connectivity index (χ4n) is 0.946. The van der Waals surface area contributed by atoms with Crippen LogP contribution in [0, 0.1) is 0 Å². The van der Waals surface area contributed by atoms with E-state index in [9.17, 15) is 18.0 Å². The Kier molecular flexibility index (Phi) is 3.14. The summed E-state index contributed by atoms with van der Waals surface area (Å²) in [5.41, 5.74) is 0. The molecule has 0 fully saturated rings. The molecule has 0 saturated carbocycles. The molecule has 1 aromatic carbocycles. The van der Waals surface area contributed by atoms with E-state index >= 15 is 0 Å². The average Bonchev–Trinajstić information content (AvgIpc) is 2.20. The van der Waals surface area contributed by atoms with E-state index in [4.69, 9.17) is 0 Å². The van der Waals surface area contributed by atoms with Crippen LogP contribution < -0.4 is 0 Å². The fraction of sp³-hybridized carbons (Fsp3) is 0.111. The van der Waals surface area contributed by atoms with Gasteiger partial charge in [0, 0.05) is 0 Å². The topological polar surface area (TPSA) is 68.3 Å². The second-order valence-corrected chi connectivity index (χ2v) is 4.70. The standard InChI is InChI=1S/C9H8O4S/c10-6-9(7-11)14(12,13)8-4-2-1-3-5-8/h1-7,9H. The summed E-state index contributed by atoms with van der Waals surface area (Å²) in [6.45, 7) is 0. The zero-order valence-corrected chi connectivity index (χ0v) is 7.98. The lowest BCUT2D eigenvalue weighted by Crippen LogP contribution is -2.24. The van der Waals surface area contributed by atoms with Gasteiger partial charge in [-0.05, 0) is 12.1 Å². The van der Waals surface area contributed by atoms with Gasteiger partial charge in [-0.15, -0.1) is 0 Å². The summed E-state index contributed by atoms with van der Waals surface area (Å²) in [6, 6.07) is 7.39. The van der Waals surface area contributed by atoms with Gasteiger partial charge in [0.2, 0.25) is 0 Å². The first-order chi connectivity index (χ1) is 6.62. The molecule has 0 radical (unpaired) electrons. The third-order valence-electron chi connectivity index (χ3n) is 1.70. The minimum absolute atomic E-state index is 0.0239. The molecule has 0 amide bonds. The molecule has 0 N–H and O–H groups in total. The second-order valence-electron chi connectivity index (χ2n) is 2.59.